The second kappa shape index (κ2) is 8.25. The molecule has 6 nitrogen and oxygen atoms in total. The van der Waals surface area contributed by atoms with Gasteiger partial charge in [-0.1, -0.05) is 29.5 Å². The zero-order valence-electron chi connectivity index (χ0n) is 17.1. The van der Waals surface area contributed by atoms with Gasteiger partial charge in [0.2, 0.25) is 5.91 Å². The molecule has 1 amide bonds. The number of carbonyl (C=O) groups is 1. The Hall–Kier alpha value is -3.24. The Balaban J connectivity index is 1.66. The van der Waals surface area contributed by atoms with Crippen LogP contribution in [-0.4, -0.2) is 22.2 Å². The summed E-state index contributed by atoms with van der Waals surface area (Å²) in [5, 5.41) is 22.9. The predicted molar refractivity (Wildman–Crippen MR) is 116 cm³/mol. The molecule has 1 heterocycles. The smallest absolute Gasteiger partial charge is 0.217 e. The molecule has 0 saturated carbocycles. The van der Waals surface area contributed by atoms with Crippen LogP contribution in [0.1, 0.15) is 49.9 Å². The molecule has 0 unspecified atom stereocenters. The number of ether oxygens (including phenoxy) is 1. The molecule has 1 aromatic heterocycles. The zero-order chi connectivity index (χ0) is 21.3. The fourth-order valence-electron chi connectivity index (χ4n) is 3.81. The fourth-order valence-corrected chi connectivity index (χ4v) is 4.70. The minimum atomic E-state index is -0.0188. The van der Waals surface area contributed by atoms with Gasteiger partial charge in [0.25, 0.3) is 0 Å². The van der Waals surface area contributed by atoms with E-state index in [0.29, 0.717) is 11.3 Å². The summed E-state index contributed by atoms with van der Waals surface area (Å²) in [5.41, 5.74) is 4.76. The lowest BCUT2D eigenvalue weighted by Gasteiger charge is -2.13. The molecule has 7 heteroatoms. The maximum Gasteiger partial charge on any atom is 0.217 e. The molecule has 3 aromatic rings. The molecule has 0 aliphatic heterocycles. The first-order chi connectivity index (χ1) is 14.5. The van der Waals surface area contributed by atoms with Crippen molar-refractivity contribution in [3.63, 3.8) is 0 Å². The summed E-state index contributed by atoms with van der Waals surface area (Å²) in [6.07, 6.45) is 1.78. The topological polar surface area (TPSA) is 87.9 Å². The van der Waals surface area contributed by atoms with Gasteiger partial charge >= 0.3 is 0 Å². The Kier molecular flexibility index (Phi) is 5.51. The van der Waals surface area contributed by atoms with E-state index in [1.165, 1.54) is 16.9 Å². The quantitative estimate of drug-likeness (QED) is 0.651. The summed E-state index contributed by atoms with van der Waals surface area (Å²) in [5.74, 6) is 0.556. The Labute approximate surface area is 179 Å². The highest BCUT2D eigenvalue weighted by Crippen LogP contribution is 2.40. The van der Waals surface area contributed by atoms with E-state index in [0.717, 1.165) is 39.5 Å². The van der Waals surface area contributed by atoms with Crippen LogP contribution in [0, 0.1) is 11.3 Å². The third-order valence-corrected chi connectivity index (χ3v) is 6.02. The van der Waals surface area contributed by atoms with Gasteiger partial charge in [0, 0.05) is 18.1 Å². The fraction of sp³-hybridized carbons (Fsp3) is 0.304. The number of hydrogen-bond donors (Lipinski definition) is 1. The molecular formula is C23H22N4O2S. The van der Waals surface area contributed by atoms with Crippen LogP contribution in [0.15, 0.2) is 36.4 Å². The summed E-state index contributed by atoms with van der Waals surface area (Å²) in [6.45, 7) is 5.41. The summed E-state index contributed by atoms with van der Waals surface area (Å²) in [7, 11) is 0. The molecule has 0 spiro atoms. The summed E-state index contributed by atoms with van der Waals surface area (Å²) >= 11 is 1.50. The van der Waals surface area contributed by atoms with Crippen LogP contribution in [-0.2, 0) is 11.2 Å². The number of nitrogens with zero attached hydrogens (tertiary/aromatic N) is 3. The molecule has 152 valence electrons. The average Bonchev–Trinajstić information content (AvgIpc) is 3.35. The van der Waals surface area contributed by atoms with Crippen LogP contribution in [0.25, 0.3) is 21.1 Å². The largest absolute Gasteiger partial charge is 0.490 e. The third kappa shape index (κ3) is 3.91. The van der Waals surface area contributed by atoms with Crippen molar-refractivity contribution in [2.24, 2.45) is 0 Å². The van der Waals surface area contributed by atoms with E-state index in [1.54, 1.807) is 13.0 Å². The van der Waals surface area contributed by atoms with Gasteiger partial charge in [-0.25, -0.2) is 0 Å². The summed E-state index contributed by atoms with van der Waals surface area (Å²) in [4.78, 5) is 11.5. The first-order valence-electron chi connectivity index (χ1n) is 9.90. The third-order valence-electron chi connectivity index (χ3n) is 5.01. The molecule has 0 fully saturated rings. The minimum Gasteiger partial charge on any atom is -0.490 e. The number of benzene rings is 2. The molecule has 4 rings (SSSR count). The van der Waals surface area contributed by atoms with Gasteiger partial charge in [0.15, 0.2) is 0 Å². The van der Waals surface area contributed by atoms with Crippen molar-refractivity contribution in [2.75, 3.05) is 0 Å². The van der Waals surface area contributed by atoms with Crippen molar-refractivity contribution in [3.05, 3.63) is 53.1 Å². The number of rotatable bonds is 5. The molecule has 2 aromatic carbocycles. The van der Waals surface area contributed by atoms with Crippen molar-refractivity contribution in [2.45, 2.75) is 45.8 Å². The normalized spacial score (nSPS) is 15.0. The van der Waals surface area contributed by atoms with Crippen LogP contribution in [0.4, 0.5) is 0 Å². The van der Waals surface area contributed by atoms with Gasteiger partial charge in [-0.2, -0.15) is 5.26 Å². The first kappa shape index (κ1) is 20.0. The van der Waals surface area contributed by atoms with Crippen molar-refractivity contribution < 1.29 is 9.53 Å². The van der Waals surface area contributed by atoms with E-state index in [-0.39, 0.29) is 18.1 Å². The van der Waals surface area contributed by atoms with Crippen molar-refractivity contribution in [1.82, 2.24) is 15.5 Å². The molecular weight excluding hydrogens is 396 g/mol. The minimum absolute atomic E-state index is 0.00224. The first-order valence-corrected chi connectivity index (χ1v) is 10.7. The SMILES string of the molecule is CC(=O)N[C@H]1CCc2c(-c3nnc(-c4ccc(OC(C)C)c(C#N)c4)s3)cccc21. The number of amides is 1. The van der Waals surface area contributed by atoms with Gasteiger partial charge in [0.1, 0.15) is 21.8 Å². The average molecular weight is 419 g/mol. The number of nitriles is 1. The van der Waals surface area contributed by atoms with Crippen LogP contribution >= 0.6 is 11.3 Å². The van der Waals surface area contributed by atoms with E-state index >= 15 is 0 Å². The van der Waals surface area contributed by atoms with E-state index in [2.05, 4.69) is 33.7 Å². The van der Waals surface area contributed by atoms with Gasteiger partial charge in [-0.15, -0.1) is 10.2 Å². The Morgan fingerprint density at radius 3 is 2.80 bits per heavy atom. The lowest BCUT2D eigenvalue weighted by Crippen LogP contribution is -2.24. The lowest BCUT2D eigenvalue weighted by molar-refractivity contribution is -0.119. The molecule has 1 aliphatic rings. The molecule has 0 saturated heterocycles. The Bertz CT molecular complexity index is 1150. The monoisotopic (exact) mass is 418 g/mol. The Morgan fingerprint density at radius 2 is 2.07 bits per heavy atom. The number of aromatic nitrogens is 2. The maximum atomic E-state index is 11.5. The summed E-state index contributed by atoms with van der Waals surface area (Å²) in [6, 6.07) is 13.9. The maximum absolute atomic E-state index is 11.5. The molecule has 0 radical (unpaired) electrons. The summed E-state index contributed by atoms with van der Waals surface area (Å²) < 4.78 is 5.70. The highest BCUT2D eigenvalue weighted by atomic mass is 32.1. The number of nitrogens with one attached hydrogen (secondary N) is 1. The van der Waals surface area contributed by atoms with Crippen molar-refractivity contribution >= 4 is 17.2 Å². The van der Waals surface area contributed by atoms with Gasteiger partial charge in [-0.3, -0.25) is 4.79 Å². The van der Waals surface area contributed by atoms with E-state index < -0.39 is 0 Å². The standard InChI is InChI=1S/C23H22N4O2S/c1-13(2)29-21-10-7-15(11-16(21)12-24)22-26-27-23(30-22)19-6-4-5-18-17(19)8-9-20(18)25-14(3)28/h4-7,10-11,13,20H,8-9H2,1-3H3,(H,25,28)/t20-/m0/s1. The second-order valence-electron chi connectivity index (χ2n) is 7.57. The van der Waals surface area contributed by atoms with Crippen LogP contribution in [0.5, 0.6) is 5.75 Å². The van der Waals surface area contributed by atoms with Crippen molar-refractivity contribution in [1.29, 1.82) is 5.26 Å². The number of carbonyl (C=O) groups excluding carboxylic acids is 1. The van der Waals surface area contributed by atoms with E-state index in [1.807, 2.05) is 32.0 Å². The zero-order valence-corrected chi connectivity index (χ0v) is 17.9. The van der Waals surface area contributed by atoms with Gasteiger partial charge < -0.3 is 10.1 Å². The second-order valence-corrected chi connectivity index (χ2v) is 8.54. The van der Waals surface area contributed by atoms with Crippen LogP contribution in [0.2, 0.25) is 0 Å². The molecule has 1 N–H and O–H groups in total. The van der Waals surface area contributed by atoms with E-state index in [4.69, 9.17) is 4.74 Å². The van der Waals surface area contributed by atoms with Gasteiger partial charge in [0.05, 0.1) is 17.7 Å². The van der Waals surface area contributed by atoms with Gasteiger partial charge in [-0.05, 0) is 56.0 Å². The predicted octanol–water partition coefficient (Wildman–Crippen LogP) is 4.65. The van der Waals surface area contributed by atoms with Crippen LogP contribution < -0.4 is 10.1 Å². The number of fused-ring (bicyclic) bond motifs is 1. The molecule has 1 aliphatic carbocycles. The Morgan fingerprint density at radius 1 is 1.27 bits per heavy atom. The molecule has 30 heavy (non-hydrogen) atoms. The van der Waals surface area contributed by atoms with Crippen LogP contribution in [0.3, 0.4) is 0 Å². The van der Waals surface area contributed by atoms with Crippen molar-refractivity contribution in [3.8, 4) is 33.0 Å². The molecule has 1 atom stereocenters. The number of hydrogen-bond acceptors (Lipinski definition) is 6. The highest BCUT2D eigenvalue weighted by Gasteiger charge is 2.26. The molecule has 0 bridgehead atoms. The van der Waals surface area contributed by atoms with E-state index in [9.17, 15) is 10.1 Å². The lowest BCUT2D eigenvalue weighted by atomic mass is 10.0. The highest BCUT2D eigenvalue weighted by molar-refractivity contribution is 7.17.